The van der Waals surface area contributed by atoms with E-state index in [-0.39, 0.29) is 18.4 Å². The predicted molar refractivity (Wildman–Crippen MR) is 103 cm³/mol. The highest BCUT2D eigenvalue weighted by molar-refractivity contribution is 5.78. The summed E-state index contributed by atoms with van der Waals surface area (Å²) < 4.78 is 11.1. The molecule has 0 saturated heterocycles. The van der Waals surface area contributed by atoms with Gasteiger partial charge >= 0.3 is 0 Å². The van der Waals surface area contributed by atoms with Gasteiger partial charge in [-0.3, -0.25) is 9.69 Å². The molecule has 0 aliphatic rings. The van der Waals surface area contributed by atoms with Crippen molar-refractivity contribution in [1.82, 2.24) is 15.2 Å². The lowest BCUT2D eigenvalue weighted by Gasteiger charge is -2.28. The average Bonchev–Trinajstić information content (AvgIpc) is 3.38. The maximum absolute atomic E-state index is 12.4. The van der Waals surface area contributed by atoms with Gasteiger partial charge in [-0.25, -0.2) is 4.98 Å². The van der Waals surface area contributed by atoms with Crippen LogP contribution in [0.2, 0.25) is 0 Å². The van der Waals surface area contributed by atoms with Crippen LogP contribution in [0.3, 0.4) is 0 Å². The molecule has 1 aromatic carbocycles. The third-order valence-electron chi connectivity index (χ3n) is 4.53. The van der Waals surface area contributed by atoms with E-state index in [1.807, 2.05) is 42.5 Å². The highest BCUT2D eigenvalue weighted by Crippen LogP contribution is 2.21. The van der Waals surface area contributed by atoms with Crippen molar-refractivity contribution in [3.8, 4) is 11.5 Å². The Morgan fingerprint density at radius 3 is 2.56 bits per heavy atom. The van der Waals surface area contributed by atoms with E-state index in [0.717, 1.165) is 24.4 Å². The molecule has 1 N–H and O–H groups in total. The van der Waals surface area contributed by atoms with Crippen molar-refractivity contribution in [2.75, 3.05) is 19.6 Å². The number of likely N-dealkylation sites (N-methyl/N-ethyl adjacent to an activating group) is 1. The van der Waals surface area contributed by atoms with E-state index in [1.165, 1.54) is 6.26 Å². The van der Waals surface area contributed by atoms with Gasteiger partial charge in [0.15, 0.2) is 0 Å². The lowest BCUT2D eigenvalue weighted by Crippen LogP contribution is -2.38. The van der Waals surface area contributed by atoms with E-state index in [9.17, 15) is 4.79 Å². The number of hydrogen-bond acceptors (Lipinski definition) is 5. The minimum atomic E-state index is -0.0911. The molecule has 3 aromatic rings. The molecule has 0 fully saturated rings. The fourth-order valence-electron chi connectivity index (χ4n) is 3.09. The van der Waals surface area contributed by atoms with Crippen LogP contribution < -0.4 is 5.32 Å². The van der Waals surface area contributed by atoms with Gasteiger partial charge in [-0.2, -0.15) is 0 Å². The first-order valence-corrected chi connectivity index (χ1v) is 9.25. The molecule has 0 radical (unpaired) electrons. The van der Waals surface area contributed by atoms with Crippen LogP contribution in [0.4, 0.5) is 0 Å². The molecule has 0 saturated carbocycles. The van der Waals surface area contributed by atoms with Crippen molar-refractivity contribution in [1.29, 1.82) is 0 Å². The first-order valence-electron chi connectivity index (χ1n) is 9.25. The van der Waals surface area contributed by atoms with E-state index in [2.05, 4.69) is 29.0 Å². The number of oxazole rings is 1. The minimum Gasteiger partial charge on any atom is -0.468 e. The highest BCUT2D eigenvalue weighted by atomic mass is 16.3. The van der Waals surface area contributed by atoms with Gasteiger partial charge in [0.1, 0.15) is 12.0 Å². The number of carbonyl (C=O) groups excluding carboxylic acids is 1. The largest absolute Gasteiger partial charge is 0.468 e. The standard InChI is InChI=1S/C21H25N3O3/c1-3-24(4-2)18(19-11-8-12-26-19)14-22-20(25)13-17-15-27-21(23-17)16-9-6-5-7-10-16/h5-12,15,18H,3-4,13-14H2,1-2H3,(H,22,25)/t18-/m0/s1. The summed E-state index contributed by atoms with van der Waals surface area (Å²) in [6.07, 6.45) is 3.38. The van der Waals surface area contributed by atoms with Crippen LogP contribution in [0.5, 0.6) is 0 Å². The van der Waals surface area contributed by atoms with E-state index in [4.69, 9.17) is 8.83 Å². The zero-order chi connectivity index (χ0) is 19.1. The molecule has 0 aliphatic heterocycles. The number of nitrogens with one attached hydrogen (secondary N) is 1. The van der Waals surface area contributed by atoms with E-state index >= 15 is 0 Å². The van der Waals surface area contributed by atoms with Gasteiger partial charge < -0.3 is 14.2 Å². The van der Waals surface area contributed by atoms with Gasteiger partial charge in [0.2, 0.25) is 11.8 Å². The molecule has 27 heavy (non-hydrogen) atoms. The first-order chi connectivity index (χ1) is 13.2. The van der Waals surface area contributed by atoms with Crippen molar-refractivity contribution >= 4 is 5.91 Å². The summed E-state index contributed by atoms with van der Waals surface area (Å²) in [6, 6.07) is 13.5. The molecule has 0 bridgehead atoms. The number of amides is 1. The molecule has 0 spiro atoms. The molecule has 0 aliphatic carbocycles. The Morgan fingerprint density at radius 2 is 1.89 bits per heavy atom. The second-order valence-electron chi connectivity index (χ2n) is 6.24. The van der Waals surface area contributed by atoms with Gasteiger partial charge in [0.05, 0.1) is 24.4 Å². The first kappa shape index (κ1) is 18.9. The topological polar surface area (TPSA) is 71.5 Å². The fourth-order valence-corrected chi connectivity index (χ4v) is 3.09. The summed E-state index contributed by atoms with van der Waals surface area (Å²) in [7, 11) is 0. The second kappa shape index (κ2) is 9.19. The van der Waals surface area contributed by atoms with Crippen molar-refractivity contribution < 1.29 is 13.6 Å². The molecule has 1 amide bonds. The van der Waals surface area contributed by atoms with Crippen LogP contribution in [-0.2, 0) is 11.2 Å². The van der Waals surface area contributed by atoms with Gasteiger partial charge in [-0.1, -0.05) is 32.0 Å². The van der Waals surface area contributed by atoms with Gasteiger partial charge in [-0.05, 0) is 37.4 Å². The van der Waals surface area contributed by atoms with Gasteiger partial charge in [0.25, 0.3) is 0 Å². The number of furan rings is 1. The maximum atomic E-state index is 12.4. The van der Waals surface area contributed by atoms with E-state index in [0.29, 0.717) is 18.1 Å². The lowest BCUT2D eigenvalue weighted by molar-refractivity contribution is -0.120. The lowest BCUT2D eigenvalue weighted by atomic mass is 10.1. The summed E-state index contributed by atoms with van der Waals surface area (Å²) in [4.78, 5) is 19.1. The van der Waals surface area contributed by atoms with E-state index < -0.39 is 0 Å². The summed E-state index contributed by atoms with van der Waals surface area (Å²) in [5.74, 6) is 1.29. The SMILES string of the molecule is CCN(CC)[C@@H](CNC(=O)Cc1coc(-c2ccccc2)n1)c1ccco1. The Labute approximate surface area is 159 Å². The zero-order valence-corrected chi connectivity index (χ0v) is 15.7. The Bertz CT molecular complexity index is 824. The number of rotatable bonds is 9. The normalized spacial score (nSPS) is 12.3. The summed E-state index contributed by atoms with van der Waals surface area (Å²) in [5.41, 5.74) is 1.51. The number of carbonyl (C=O) groups is 1. The van der Waals surface area contributed by atoms with Crippen LogP contribution in [-0.4, -0.2) is 35.4 Å². The van der Waals surface area contributed by atoms with Crippen molar-refractivity contribution in [2.24, 2.45) is 0 Å². The molecule has 6 heteroatoms. The van der Waals surface area contributed by atoms with E-state index in [1.54, 1.807) is 6.26 Å². The number of nitrogens with zero attached hydrogens (tertiary/aromatic N) is 2. The molecule has 142 valence electrons. The van der Waals surface area contributed by atoms with Crippen molar-refractivity contribution in [3.05, 3.63) is 66.4 Å². The Kier molecular flexibility index (Phi) is 6.44. The molecule has 1 atom stereocenters. The quantitative estimate of drug-likeness (QED) is 0.625. The molecule has 2 heterocycles. The highest BCUT2D eigenvalue weighted by Gasteiger charge is 2.21. The molecule has 6 nitrogen and oxygen atoms in total. The van der Waals surface area contributed by atoms with Crippen LogP contribution in [0.1, 0.15) is 31.3 Å². The monoisotopic (exact) mass is 367 g/mol. The molecule has 2 aromatic heterocycles. The smallest absolute Gasteiger partial charge is 0.226 e. The van der Waals surface area contributed by atoms with Crippen LogP contribution in [0.25, 0.3) is 11.5 Å². The maximum Gasteiger partial charge on any atom is 0.226 e. The molecular weight excluding hydrogens is 342 g/mol. The third kappa shape index (κ3) is 4.86. The Balaban J connectivity index is 1.59. The third-order valence-corrected chi connectivity index (χ3v) is 4.53. The fraction of sp³-hybridized carbons (Fsp3) is 0.333. The summed E-state index contributed by atoms with van der Waals surface area (Å²) in [5, 5.41) is 3.00. The Hall–Kier alpha value is -2.86. The molecular formula is C21H25N3O3. The minimum absolute atomic E-state index is 0.0103. The average molecular weight is 367 g/mol. The van der Waals surface area contributed by atoms with Gasteiger partial charge in [-0.15, -0.1) is 0 Å². The van der Waals surface area contributed by atoms with Crippen LogP contribution in [0.15, 0.2) is 63.8 Å². The zero-order valence-electron chi connectivity index (χ0n) is 15.7. The van der Waals surface area contributed by atoms with Crippen LogP contribution in [0, 0.1) is 0 Å². The molecule has 3 rings (SSSR count). The second-order valence-corrected chi connectivity index (χ2v) is 6.24. The Morgan fingerprint density at radius 1 is 1.11 bits per heavy atom. The number of benzene rings is 1. The molecule has 0 unspecified atom stereocenters. The summed E-state index contributed by atoms with van der Waals surface area (Å²) >= 11 is 0. The van der Waals surface area contributed by atoms with Crippen LogP contribution >= 0.6 is 0 Å². The van der Waals surface area contributed by atoms with Gasteiger partial charge in [0, 0.05) is 12.1 Å². The summed E-state index contributed by atoms with van der Waals surface area (Å²) in [6.45, 7) is 6.43. The van der Waals surface area contributed by atoms with Crippen molar-refractivity contribution in [2.45, 2.75) is 26.3 Å². The predicted octanol–water partition coefficient (Wildman–Crippen LogP) is 3.68. The van der Waals surface area contributed by atoms with Crippen molar-refractivity contribution in [3.63, 3.8) is 0 Å². The number of aromatic nitrogens is 1. The number of hydrogen-bond donors (Lipinski definition) is 1.